The number of carbonyl (C=O) groups is 2. The van der Waals surface area contributed by atoms with Crippen molar-refractivity contribution in [1.82, 2.24) is 30.4 Å². The van der Waals surface area contributed by atoms with Gasteiger partial charge in [0.1, 0.15) is 96.8 Å². The number of hydrogen-bond acceptors (Lipinski definition) is 21. The molecule has 4 aliphatic heterocycles. The zero-order valence-electron chi connectivity index (χ0n) is 59.5. The molecule has 0 spiro atoms. The van der Waals surface area contributed by atoms with Gasteiger partial charge in [-0.2, -0.15) is 10.5 Å². The topological polar surface area (TPSA) is 288 Å². The Morgan fingerprint density at radius 1 is 0.505 bits per heavy atom. The third-order valence-electron chi connectivity index (χ3n) is 19.2. The van der Waals surface area contributed by atoms with Crippen molar-refractivity contribution in [2.75, 3.05) is 72.7 Å². The SMILES string of the molecule is COC(=O)C1CN=C(c2cc(Cl)c(OCc3cccc(-c4cccc(OCCCN5CCC(O)CC5)c4C)c3C)cc2OCc2cncc(C#N)c2)N1.Cc1c(COc2cc(OCc3cncc(C#N)c3)c(C3=NCC(C(=O)O)N3)cc2Cl)cccc1-c1cccc(OCCCN2CCC(O)CC2)c1C. The van der Waals surface area contributed by atoms with E-state index in [2.05, 4.69) is 104 Å². The highest BCUT2D eigenvalue weighted by Crippen LogP contribution is 2.40. The molecule has 2 unspecified atom stereocenters. The lowest BCUT2D eigenvalue weighted by Crippen LogP contribution is -2.38. The van der Waals surface area contributed by atoms with E-state index in [-0.39, 0.29) is 51.7 Å². The molecule has 6 aromatic carbocycles. The zero-order chi connectivity index (χ0) is 73.9. The number of piperidine rings is 2. The van der Waals surface area contributed by atoms with Gasteiger partial charge in [-0.15, -0.1) is 0 Å². The van der Waals surface area contributed by atoms with Crippen LogP contribution in [-0.4, -0.2) is 156 Å². The Morgan fingerprint density at radius 2 is 0.905 bits per heavy atom. The number of aliphatic hydroxyl groups excluding tert-OH is 2. The minimum absolute atomic E-state index is 0.0728. The molecule has 4 aliphatic rings. The molecule has 24 heteroatoms. The van der Waals surface area contributed by atoms with Gasteiger partial charge in [-0.25, -0.2) is 9.59 Å². The molecular formula is C81H86Cl2N10O12. The van der Waals surface area contributed by atoms with Gasteiger partial charge < -0.3 is 68.9 Å². The number of esters is 1. The monoisotopic (exact) mass is 1460 g/mol. The second-order valence-electron chi connectivity index (χ2n) is 26.3. The number of nitrogens with zero attached hydrogens (tertiary/aromatic N) is 8. The summed E-state index contributed by atoms with van der Waals surface area (Å²) in [5.74, 6) is 2.70. The van der Waals surface area contributed by atoms with Crippen molar-refractivity contribution in [3.63, 3.8) is 0 Å². The lowest BCUT2D eigenvalue weighted by molar-refractivity contribution is -0.142. The number of aliphatic carboxylic acids is 1. The normalized spacial score (nSPS) is 16.1. The minimum Gasteiger partial charge on any atom is -0.493 e. The first kappa shape index (κ1) is 75.8. The molecule has 2 fully saturated rings. The molecule has 0 bridgehead atoms. The Labute approximate surface area is 621 Å². The van der Waals surface area contributed by atoms with Crippen molar-refractivity contribution < 1.29 is 58.1 Å². The Hall–Kier alpha value is -10.3. The number of carboxylic acids is 1. The number of carbonyl (C=O) groups excluding carboxylic acids is 1. The third kappa shape index (κ3) is 19.8. The van der Waals surface area contributed by atoms with Gasteiger partial charge in [-0.05, 0) is 158 Å². The van der Waals surface area contributed by atoms with Crippen LogP contribution in [0.3, 0.4) is 0 Å². The van der Waals surface area contributed by atoms with E-state index in [0.29, 0.717) is 91.3 Å². The van der Waals surface area contributed by atoms with E-state index in [1.807, 2.05) is 48.5 Å². The number of carboxylic acid groups (broad SMARTS) is 1. The van der Waals surface area contributed by atoms with Crippen LogP contribution in [0.15, 0.2) is 144 Å². The number of halogens is 2. The van der Waals surface area contributed by atoms with Crippen molar-refractivity contribution >= 4 is 46.8 Å². The van der Waals surface area contributed by atoms with Crippen LogP contribution in [0.4, 0.5) is 0 Å². The first-order valence-corrected chi connectivity index (χ1v) is 35.9. The molecule has 6 heterocycles. The molecule has 2 saturated heterocycles. The third-order valence-corrected chi connectivity index (χ3v) is 19.7. The van der Waals surface area contributed by atoms with Gasteiger partial charge in [0, 0.05) is 87.3 Å². The molecule has 0 radical (unpaired) electrons. The Balaban J connectivity index is 0.000000210. The van der Waals surface area contributed by atoms with Gasteiger partial charge in [-0.1, -0.05) is 83.9 Å². The number of pyridine rings is 2. The number of nitriles is 2. The number of aromatic nitrogens is 2. The molecule has 12 rings (SSSR count). The fraction of sp³-hybridized carbons (Fsp3) is 0.358. The summed E-state index contributed by atoms with van der Waals surface area (Å²) in [5, 5.41) is 54.4. The van der Waals surface area contributed by atoms with Crippen LogP contribution in [0.1, 0.15) is 105 Å². The number of benzene rings is 6. The summed E-state index contributed by atoms with van der Waals surface area (Å²) in [6.45, 7) is 16.2. The number of hydrogen-bond donors (Lipinski definition) is 5. The standard InChI is InChI=1S/C41H44ClN5O6.C40H42ClN5O6/c1-26-30(7-4-8-32(26)33-9-5-10-37(27(33)2)51-16-6-13-47-14-11-31(48)12-15-47)25-53-39-19-38(52-24-29-17-28(20-43)21-44-22-29)34(18-35(39)42)40-45-23-36(46-40)41(49)50-3;1-25-29(6-3-7-31(25)32-8-4-9-36(26(32)2)50-15-5-12-46-13-10-30(47)11-14-46)24-52-38-18-37(51-23-28-16-27(19-42)20-43-21-28)33(17-34(38)41)39-44-22-35(45-39)40(48)49/h4-5,7-10,17-19,21-22,31,36,48H,6,11-16,23-25H2,1-3H3,(H,45,46);3-4,6-9,16-18,20-21,30,35,47H,5,10-15,22-24H2,1-2H3,(H,44,45)(H,48,49). The molecule has 0 aliphatic carbocycles. The molecule has 5 N–H and O–H groups in total. The van der Waals surface area contributed by atoms with Gasteiger partial charge in [0.25, 0.3) is 0 Å². The second-order valence-corrected chi connectivity index (χ2v) is 27.1. The molecule has 105 heavy (non-hydrogen) atoms. The number of aliphatic hydroxyl groups is 2. The van der Waals surface area contributed by atoms with Crippen molar-refractivity contribution in [1.29, 1.82) is 10.5 Å². The average Bonchev–Trinajstić information content (AvgIpc) is 1.66. The minimum atomic E-state index is -1.01. The fourth-order valence-corrected chi connectivity index (χ4v) is 13.5. The molecular weight excluding hydrogens is 1380 g/mol. The lowest BCUT2D eigenvalue weighted by atomic mass is 9.93. The quantitative estimate of drug-likeness (QED) is 0.0225. The Bertz CT molecular complexity index is 4560. The molecule has 2 atom stereocenters. The number of aliphatic imine (C=N–C) groups is 2. The first-order valence-electron chi connectivity index (χ1n) is 35.2. The zero-order valence-corrected chi connectivity index (χ0v) is 61.0. The number of rotatable bonds is 28. The van der Waals surface area contributed by atoms with Crippen LogP contribution < -0.4 is 39.1 Å². The van der Waals surface area contributed by atoms with Crippen LogP contribution in [0.5, 0.6) is 34.5 Å². The molecule has 2 aromatic heterocycles. The van der Waals surface area contributed by atoms with E-state index < -0.39 is 24.0 Å². The maximum Gasteiger partial charge on any atom is 0.330 e. The largest absolute Gasteiger partial charge is 0.493 e. The number of amidine groups is 2. The fourth-order valence-electron chi connectivity index (χ4n) is 13.0. The summed E-state index contributed by atoms with van der Waals surface area (Å²) in [6.07, 6.45) is 11.1. The van der Waals surface area contributed by atoms with Gasteiger partial charge in [0.05, 0.1) is 77.9 Å². The van der Waals surface area contributed by atoms with E-state index in [9.17, 15) is 35.4 Å². The van der Waals surface area contributed by atoms with Gasteiger partial charge in [0.2, 0.25) is 0 Å². The van der Waals surface area contributed by atoms with E-state index in [4.69, 9.17) is 56.4 Å². The van der Waals surface area contributed by atoms with Crippen LogP contribution in [-0.2, 0) is 40.8 Å². The highest BCUT2D eigenvalue weighted by atomic mass is 35.5. The van der Waals surface area contributed by atoms with Gasteiger partial charge in [-0.3, -0.25) is 20.0 Å². The Kier molecular flexibility index (Phi) is 26.3. The smallest absolute Gasteiger partial charge is 0.330 e. The highest BCUT2D eigenvalue weighted by Gasteiger charge is 2.31. The molecule has 8 aromatic rings. The predicted molar refractivity (Wildman–Crippen MR) is 401 cm³/mol. The maximum absolute atomic E-state index is 12.2. The summed E-state index contributed by atoms with van der Waals surface area (Å²) < 4.78 is 42.5. The lowest BCUT2D eigenvalue weighted by Gasteiger charge is -2.29. The first-order chi connectivity index (χ1) is 50.9. The number of likely N-dealkylation sites (tertiary alicyclic amines) is 2. The van der Waals surface area contributed by atoms with Gasteiger partial charge in [0.15, 0.2) is 0 Å². The van der Waals surface area contributed by atoms with Crippen LogP contribution in [0.2, 0.25) is 10.0 Å². The van der Waals surface area contributed by atoms with E-state index in [0.717, 1.165) is 145 Å². The maximum atomic E-state index is 12.2. The predicted octanol–water partition coefficient (Wildman–Crippen LogP) is 12.2. The molecule has 0 amide bonds. The summed E-state index contributed by atoms with van der Waals surface area (Å²) in [6, 6.07) is 37.4. The van der Waals surface area contributed by atoms with Crippen molar-refractivity contribution in [3.8, 4) is 68.9 Å². The van der Waals surface area contributed by atoms with Crippen LogP contribution in [0, 0.1) is 50.4 Å². The van der Waals surface area contributed by atoms with Crippen molar-refractivity contribution in [2.45, 2.75) is 117 Å². The summed E-state index contributed by atoms with van der Waals surface area (Å²) in [5.41, 5.74) is 13.9. The van der Waals surface area contributed by atoms with Crippen LogP contribution in [0.25, 0.3) is 22.3 Å². The van der Waals surface area contributed by atoms with E-state index in [1.165, 1.54) is 19.5 Å². The second kappa shape index (κ2) is 36.4. The summed E-state index contributed by atoms with van der Waals surface area (Å²) in [4.78, 5) is 45.7. The number of methoxy groups -OCH3 is 1. The average molecular weight is 1460 g/mol. The van der Waals surface area contributed by atoms with E-state index in [1.54, 1.807) is 48.8 Å². The van der Waals surface area contributed by atoms with E-state index >= 15 is 0 Å². The Morgan fingerprint density at radius 3 is 1.31 bits per heavy atom. The van der Waals surface area contributed by atoms with Crippen LogP contribution >= 0.6 is 23.2 Å². The number of nitrogens with one attached hydrogen (secondary N) is 2. The summed E-state index contributed by atoms with van der Waals surface area (Å²) >= 11 is 13.6. The van der Waals surface area contributed by atoms with Crippen molar-refractivity contribution in [2.24, 2.45) is 9.98 Å². The van der Waals surface area contributed by atoms with Gasteiger partial charge >= 0.3 is 11.9 Å². The number of ether oxygens (including phenoxy) is 7. The molecule has 22 nitrogen and oxygen atoms in total. The van der Waals surface area contributed by atoms with Crippen molar-refractivity contribution in [3.05, 3.63) is 211 Å². The molecule has 546 valence electrons. The highest BCUT2D eigenvalue weighted by molar-refractivity contribution is 6.33. The summed E-state index contributed by atoms with van der Waals surface area (Å²) in [7, 11) is 1.33. The molecule has 0 saturated carbocycles.